The third kappa shape index (κ3) is 7.80. The molecule has 0 aromatic rings. The van der Waals surface area contributed by atoms with Gasteiger partial charge in [0.2, 0.25) is 0 Å². The molecule has 1 N–H and O–H groups in total. The number of nitrogens with one attached hydrogen (secondary N) is 1. The van der Waals surface area contributed by atoms with Crippen LogP contribution in [0.1, 0.15) is 52.9 Å². The van der Waals surface area contributed by atoms with Gasteiger partial charge in [0.15, 0.2) is 0 Å². The molecule has 0 spiro atoms. The van der Waals surface area contributed by atoms with Gasteiger partial charge in [0.25, 0.3) is 0 Å². The number of rotatable bonds is 10. The first kappa shape index (κ1) is 14.9. The molecule has 2 unspecified atom stereocenters. The Morgan fingerprint density at radius 2 is 1.87 bits per heavy atom. The lowest BCUT2D eigenvalue weighted by Crippen LogP contribution is -2.27. The summed E-state index contributed by atoms with van der Waals surface area (Å²) in [5.41, 5.74) is 0. The Morgan fingerprint density at radius 1 is 1.13 bits per heavy atom. The van der Waals surface area contributed by atoms with Crippen LogP contribution in [-0.4, -0.2) is 26.3 Å². The van der Waals surface area contributed by atoms with Gasteiger partial charge in [-0.25, -0.2) is 0 Å². The molecule has 0 amide bonds. The highest BCUT2D eigenvalue weighted by molar-refractivity contribution is 4.61. The molecule has 2 nitrogen and oxygen atoms in total. The van der Waals surface area contributed by atoms with E-state index in [1.54, 1.807) is 0 Å². The first-order valence-corrected chi connectivity index (χ1v) is 6.54. The van der Waals surface area contributed by atoms with Gasteiger partial charge in [0.1, 0.15) is 0 Å². The average Bonchev–Trinajstić information content (AvgIpc) is 2.27. The lowest BCUT2D eigenvalue weighted by Gasteiger charge is -2.20. The fourth-order valence-corrected chi connectivity index (χ4v) is 1.72. The molecule has 0 aliphatic carbocycles. The zero-order chi connectivity index (χ0) is 11.5. The second-order valence-electron chi connectivity index (χ2n) is 4.34. The summed E-state index contributed by atoms with van der Waals surface area (Å²) in [5.74, 6) is 0.760. The van der Waals surface area contributed by atoms with Crippen molar-refractivity contribution in [2.75, 3.05) is 20.2 Å². The normalized spacial score (nSPS) is 15.2. The van der Waals surface area contributed by atoms with Crippen LogP contribution in [0.5, 0.6) is 0 Å². The van der Waals surface area contributed by atoms with Crippen molar-refractivity contribution in [3.63, 3.8) is 0 Å². The minimum Gasteiger partial charge on any atom is -0.377 e. The minimum atomic E-state index is 0.394. The van der Waals surface area contributed by atoms with E-state index in [0.29, 0.717) is 6.10 Å². The highest BCUT2D eigenvalue weighted by Crippen LogP contribution is 2.14. The fourth-order valence-electron chi connectivity index (χ4n) is 1.72. The van der Waals surface area contributed by atoms with E-state index >= 15 is 0 Å². The van der Waals surface area contributed by atoms with E-state index in [9.17, 15) is 0 Å². The van der Waals surface area contributed by atoms with Crippen molar-refractivity contribution in [2.45, 2.75) is 59.0 Å². The summed E-state index contributed by atoms with van der Waals surface area (Å²) in [5, 5.41) is 3.18. The smallest absolute Gasteiger partial charge is 0.0696 e. The van der Waals surface area contributed by atoms with Crippen LogP contribution in [-0.2, 0) is 4.74 Å². The first-order chi connectivity index (χ1) is 7.28. The third-order valence-corrected chi connectivity index (χ3v) is 3.00. The Kier molecular flexibility index (Phi) is 10.4. The molecule has 0 radical (unpaired) electrons. The van der Waals surface area contributed by atoms with E-state index in [2.05, 4.69) is 26.1 Å². The summed E-state index contributed by atoms with van der Waals surface area (Å²) in [4.78, 5) is 0. The fraction of sp³-hybridized carbons (Fsp3) is 1.00. The monoisotopic (exact) mass is 215 g/mol. The molecule has 0 saturated heterocycles. The largest absolute Gasteiger partial charge is 0.377 e. The highest BCUT2D eigenvalue weighted by Gasteiger charge is 2.10. The summed E-state index contributed by atoms with van der Waals surface area (Å²) >= 11 is 0. The van der Waals surface area contributed by atoms with Gasteiger partial charge in [-0.1, -0.05) is 40.0 Å². The minimum absolute atomic E-state index is 0.394. The number of ether oxygens (including phenoxy) is 1. The Bertz CT molecular complexity index is 128. The molecule has 15 heavy (non-hydrogen) atoms. The van der Waals surface area contributed by atoms with Crippen LogP contribution in [0.2, 0.25) is 0 Å². The lowest BCUT2D eigenvalue weighted by atomic mass is 10.0. The molecule has 0 aliphatic rings. The molecule has 0 aromatic heterocycles. The number of hydrogen-bond donors (Lipinski definition) is 1. The molecule has 0 aliphatic heterocycles. The third-order valence-electron chi connectivity index (χ3n) is 3.00. The van der Waals surface area contributed by atoms with Gasteiger partial charge in [-0.15, -0.1) is 0 Å². The molecule has 0 aromatic carbocycles. The van der Waals surface area contributed by atoms with Gasteiger partial charge < -0.3 is 10.1 Å². The standard InChI is InChI=1S/C13H29NO/c1-5-8-9-12(6-2)11-15-13(7-3)10-14-4/h12-14H,5-11H2,1-4H3. The van der Waals surface area contributed by atoms with Crippen molar-refractivity contribution in [1.82, 2.24) is 5.32 Å². The van der Waals surface area contributed by atoms with Crippen molar-refractivity contribution in [3.8, 4) is 0 Å². The zero-order valence-corrected chi connectivity index (χ0v) is 11.0. The molecule has 92 valence electrons. The molecular weight excluding hydrogens is 186 g/mol. The summed E-state index contributed by atoms with van der Waals surface area (Å²) in [6, 6.07) is 0. The van der Waals surface area contributed by atoms with Crippen LogP contribution in [0.25, 0.3) is 0 Å². The number of hydrogen-bond acceptors (Lipinski definition) is 2. The predicted octanol–water partition coefficient (Wildman–Crippen LogP) is 3.22. The van der Waals surface area contributed by atoms with Gasteiger partial charge in [-0.05, 0) is 25.8 Å². The van der Waals surface area contributed by atoms with Gasteiger partial charge in [0.05, 0.1) is 6.10 Å². The molecule has 2 atom stereocenters. The van der Waals surface area contributed by atoms with E-state index in [1.807, 2.05) is 7.05 Å². The summed E-state index contributed by atoms with van der Waals surface area (Å²) in [6.07, 6.45) is 6.70. The second kappa shape index (κ2) is 10.4. The molecule has 0 heterocycles. The van der Waals surface area contributed by atoms with E-state index in [4.69, 9.17) is 4.74 Å². The zero-order valence-electron chi connectivity index (χ0n) is 11.0. The van der Waals surface area contributed by atoms with E-state index in [1.165, 1.54) is 25.7 Å². The SMILES string of the molecule is CCCCC(CC)COC(CC)CNC. The lowest BCUT2D eigenvalue weighted by molar-refractivity contribution is 0.0251. The summed E-state index contributed by atoms with van der Waals surface area (Å²) in [7, 11) is 1.99. The first-order valence-electron chi connectivity index (χ1n) is 6.54. The van der Waals surface area contributed by atoms with Gasteiger partial charge in [0, 0.05) is 13.2 Å². The van der Waals surface area contributed by atoms with Crippen molar-refractivity contribution >= 4 is 0 Å². The van der Waals surface area contributed by atoms with Crippen molar-refractivity contribution < 1.29 is 4.74 Å². The maximum atomic E-state index is 5.92. The maximum absolute atomic E-state index is 5.92. The Hall–Kier alpha value is -0.0800. The van der Waals surface area contributed by atoms with E-state index in [-0.39, 0.29) is 0 Å². The van der Waals surface area contributed by atoms with Crippen LogP contribution in [0, 0.1) is 5.92 Å². The van der Waals surface area contributed by atoms with Crippen molar-refractivity contribution in [1.29, 1.82) is 0 Å². The molecule has 0 fully saturated rings. The Labute approximate surface area is 95.8 Å². The van der Waals surface area contributed by atoms with Gasteiger partial charge >= 0.3 is 0 Å². The van der Waals surface area contributed by atoms with Crippen LogP contribution >= 0.6 is 0 Å². The van der Waals surface area contributed by atoms with Crippen LogP contribution < -0.4 is 5.32 Å². The molecule has 0 rings (SSSR count). The van der Waals surface area contributed by atoms with Crippen LogP contribution in [0.4, 0.5) is 0 Å². The van der Waals surface area contributed by atoms with Crippen LogP contribution in [0.15, 0.2) is 0 Å². The number of likely N-dealkylation sites (N-methyl/N-ethyl adjacent to an activating group) is 1. The second-order valence-corrected chi connectivity index (χ2v) is 4.34. The predicted molar refractivity (Wildman–Crippen MR) is 67.3 cm³/mol. The molecular formula is C13H29NO. The average molecular weight is 215 g/mol. The van der Waals surface area contributed by atoms with Crippen molar-refractivity contribution in [3.05, 3.63) is 0 Å². The topological polar surface area (TPSA) is 21.3 Å². The molecule has 2 heteroatoms. The maximum Gasteiger partial charge on any atom is 0.0696 e. The van der Waals surface area contributed by atoms with E-state index in [0.717, 1.165) is 25.5 Å². The molecule has 0 bridgehead atoms. The van der Waals surface area contributed by atoms with Gasteiger partial charge in [-0.3, -0.25) is 0 Å². The highest BCUT2D eigenvalue weighted by atomic mass is 16.5. The Morgan fingerprint density at radius 3 is 2.33 bits per heavy atom. The molecule has 0 saturated carbocycles. The van der Waals surface area contributed by atoms with Crippen LogP contribution in [0.3, 0.4) is 0 Å². The number of unbranched alkanes of at least 4 members (excludes halogenated alkanes) is 1. The van der Waals surface area contributed by atoms with Gasteiger partial charge in [-0.2, -0.15) is 0 Å². The summed E-state index contributed by atoms with van der Waals surface area (Å²) in [6.45, 7) is 8.62. The van der Waals surface area contributed by atoms with Crippen molar-refractivity contribution in [2.24, 2.45) is 5.92 Å². The quantitative estimate of drug-likeness (QED) is 0.604. The van der Waals surface area contributed by atoms with E-state index < -0.39 is 0 Å². The Balaban J connectivity index is 3.66. The summed E-state index contributed by atoms with van der Waals surface area (Å²) < 4.78 is 5.92.